The first-order chi connectivity index (χ1) is 14.0. The van der Waals surface area contributed by atoms with Crippen molar-refractivity contribution in [2.45, 2.75) is 19.8 Å². The number of benzene rings is 2. The van der Waals surface area contributed by atoms with E-state index in [9.17, 15) is 23.4 Å². The van der Waals surface area contributed by atoms with E-state index in [2.05, 4.69) is 14.9 Å². The summed E-state index contributed by atoms with van der Waals surface area (Å²) in [4.78, 5) is 11.9. The number of rotatable bonds is 6. The van der Waals surface area contributed by atoms with Crippen LogP contribution < -0.4 is 10.5 Å². The predicted molar refractivity (Wildman–Crippen MR) is 111 cm³/mol. The summed E-state index contributed by atoms with van der Waals surface area (Å²) in [7, 11) is -3.45. The zero-order valence-electron chi connectivity index (χ0n) is 16.5. The summed E-state index contributed by atoms with van der Waals surface area (Å²) in [6, 6.07) is 8.87. The molecule has 2 aromatic carbocycles. The van der Waals surface area contributed by atoms with E-state index < -0.39 is 15.9 Å². The zero-order valence-corrected chi connectivity index (χ0v) is 17.3. The topological polar surface area (TPSA) is 160 Å². The third kappa shape index (κ3) is 4.20. The molecule has 1 heterocycles. The molecular formula is C19H21N5O5S. The molecule has 3 aromatic rings. The standard InChI is InChI=1S/C19H21N5O5S/c1-10(2)13-8-14(16(26)9-15(13)25)18-21-22-19(17(20)27)24(18)12-6-4-11(5-7-12)23-30(3,28)29/h4-10,23,25-26H,1-3H3,(H2,20,27). The highest BCUT2D eigenvalue weighted by Crippen LogP contribution is 2.38. The van der Waals surface area contributed by atoms with Gasteiger partial charge in [-0.15, -0.1) is 10.2 Å². The monoisotopic (exact) mass is 431 g/mol. The van der Waals surface area contributed by atoms with E-state index >= 15 is 0 Å². The van der Waals surface area contributed by atoms with Crippen LogP contribution in [0.4, 0.5) is 5.69 Å². The lowest BCUT2D eigenvalue weighted by Gasteiger charge is -2.14. The Morgan fingerprint density at radius 1 is 1.10 bits per heavy atom. The van der Waals surface area contributed by atoms with Crippen LogP contribution >= 0.6 is 0 Å². The quantitative estimate of drug-likeness (QED) is 0.464. The number of nitrogens with zero attached hydrogens (tertiary/aromatic N) is 3. The molecule has 0 unspecified atom stereocenters. The van der Waals surface area contributed by atoms with Crippen molar-refractivity contribution in [2.75, 3.05) is 11.0 Å². The van der Waals surface area contributed by atoms with Gasteiger partial charge in [-0.2, -0.15) is 0 Å². The van der Waals surface area contributed by atoms with Crippen LogP contribution in [0.25, 0.3) is 17.1 Å². The average molecular weight is 431 g/mol. The highest BCUT2D eigenvalue weighted by atomic mass is 32.2. The molecule has 0 aliphatic carbocycles. The van der Waals surface area contributed by atoms with Gasteiger partial charge in [0.05, 0.1) is 11.8 Å². The minimum absolute atomic E-state index is 0.0438. The van der Waals surface area contributed by atoms with Crippen molar-refractivity contribution < 1.29 is 23.4 Å². The average Bonchev–Trinajstić information content (AvgIpc) is 3.06. The van der Waals surface area contributed by atoms with Crippen molar-refractivity contribution in [3.63, 3.8) is 0 Å². The van der Waals surface area contributed by atoms with Crippen molar-refractivity contribution >= 4 is 21.6 Å². The van der Waals surface area contributed by atoms with E-state index in [0.29, 0.717) is 16.9 Å². The number of carbonyl (C=O) groups is 1. The number of carbonyl (C=O) groups excluding carboxylic acids is 1. The van der Waals surface area contributed by atoms with E-state index in [1.165, 1.54) is 22.8 Å². The predicted octanol–water partition coefficient (Wildman–Crippen LogP) is 1.94. The highest BCUT2D eigenvalue weighted by molar-refractivity contribution is 7.92. The lowest BCUT2D eigenvalue weighted by molar-refractivity contribution is 0.0988. The summed E-state index contributed by atoms with van der Waals surface area (Å²) in [5.74, 6) is -1.24. The first kappa shape index (κ1) is 21.1. The number of sulfonamides is 1. The molecule has 3 rings (SSSR count). The normalized spacial score (nSPS) is 11.6. The molecular weight excluding hydrogens is 410 g/mol. The summed E-state index contributed by atoms with van der Waals surface area (Å²) in [6.45, 7) is 3.76. The van der Waals surface area contributed by atoms with Crippen LogP contribution in [-0.4, -0.2) is 45.6 Å². The number of anilines is 1. The Balaban J connectivity index is 2.19. The lowest BCUT2D eigenvalue weighted by Crippen LogP contribution is -2.18. The fraction of sp³-hybridized carbons (Fsp3) is 0.211. The van der Waals surface area contributed by atoms with Crippen LogP contribution in [0.1, 0.15) is 35.9 Å². The Labute approximate surface area is 173 Å². The Bertz CT molecular complexity index is 1220. The second-order valence-electron chi connectivity index (χ2n) is 7.05. The Hall–Kier alpha value is -3.60. The van der Waals surface area contributed by atoms with Gasteiger partial charge in [0, 0.05) is 17.4 Å². The van der Waals surface area contributed by atoms with Crippen LogP contribution in [0.15, 0.2) is 36.4 Å². The van der Waals surface area contributed by atoms with Crippen LogP contribution in [0.3, 0.4) is 0 Å². The molecule has 5 N–H and O–H groups in total. The first-order valence-electron chi connectivity index (χ1n) is 8.87. The van der Waals surface area contributed by atoms with Crippen molar-refractivity contribution in [3.8, 4) is 28.6 Å². The van der Waals surface area contributed by atoms with Gasteiger partial charge in [-0.1, -0.05) is 13.8 Å². The van der Waals surface area contributed by atoms with Gasteiger partial charge in [0.25, 0.3) is 5.91 Å². The lowest BCUT2D eigenvalue weighted by atomic mass is 9.98. The van der Waals surface area contributed by atoms with E-state index in [4.69, 9.17) is 5.73 Å². The molecule has 0 saturated heterocycles. The molecule has 0 atom stereocenters. The van der Waals surface area contributed by atoms with Crippen LogP contribution in [-0.2, 0) is 10.0 Å². The molecule has 10 nitrogen and oxygen atoms in total. The van der Waals surface area contributed by atoms with Gasteiger partial charge in [-0.3, -0.25) is 14.1 Å². The minimum atomic E-state index is -3.45. The fourth-order valence-electron chi connectivity index (χ4n) is 2.99. The summed E-state index contributed by atoms with van der Waals surface area (Å²) in [5.41, 5.74) is 7.00. The molecule has 158 valence electrons. The van der Waals surface area contributed by atoms with Gasteiger partial charge in [0.1, 0.15) is 11.5 Å². The highest BCUT2D eigenvalue weighted by Gasteiger charge is 2.23. The number of hydrogen-bond acceptors (Lipinski definition) is 7. The second kappa shape index (κ2) is 7.67. The number of aromatic hydroxyl groups is 2. The van der Waals surface area contributed by atoms with Gasteiger partial charge >= 0.3 is 0 Å². The van der Waals surface area contributed by atoms with Gasteiger partial charge in [-0.25, -0.2) is 8.42 Å². The number of amides is 1. The molecule has 1 amide bonds. The molecule has 11 heteroatoms. The van der Waals surface area contributed by atoms with Crippen LogP contribution in [0.2, 0.25) is 0 Å². The van der Waals surface area contributed by atoms with Crippen molar-refractivity contribution in [1.82, 2.24) is 14.8 Å². The van der Waals surface area contributed by atoms with Crippen molar-refractivity contribution in [3.05, 3.63) is 47.8 Å². The maximum Gasteiger partial charge on any atom is 0.287 e. The summed E-state index contributed by atoms with van der Waals surface area (Å²) in [6.07, 6.45) is 1.03. The van der Waals surface area contributed by atoms with E-state index in [-0.39, 0.29) is 34.6 Å². The third-order valence-electron chi connectivity index (χ3n) is 4.32. The number of phenolic OH excluding ortho intramolecular Hbond substituents is 2. The number of phenols is 2. The number of primary amides is 1. The van der Waals surface area contributed by atoms with Crippen molar-refractivity contribution in [2.24, 2.45) is 5.73 Å². The third-order valence-corrected chi connectivity index (χ3v) is 4.93. The van der Waals surface area contributed by atoms with Gasteiger partial charge in [0.2, 0.25) is 15.8 Å². The van der Waals surface area contributed by atoms with Crippen LogP contribution in [0, 0.1) is 0 Å². The Morgan fingerprint density at radius 3 is 2.27 bits per heavy atom. The van der Waals surface area contributed by atoms with Gasteiger partial charge in [-0.05, 0) is 41.8 Å². The minimum Gasteiger partial charge on any atom is -0.508 e. The van der Waals surface area contributed by atoms with E-state index in [1.807, 2.05) is 13.8 Å². The summed E-state index contributed by atoms with van der Waals surface area (Å²) in [5, 5.41) is 28.4. The van der Waals surface area contributed by atoms with Crippen molar-refractivity contribution in [1.29, 1.82) is 0 Å². The number of nitrogens with two attached hydrogens (primary N) is 1. The SMILES string of the molecule is CC(C)c1cc(-c2nnc(C(N)=O)n2-c2ccc(NS(C)(=O)=O)cc2)c(O)cc1O. The van der Waals surface area contributed by atoms with Gasteiger partial charge in [0.15, 0.2) is 5.82 Å². The van der Waals surface area contributed by atoms with E-state index in [0.717, 1.165) is 6.26 Å². The molecule has 0 fully saturated rings. The zero-order chi connectivity index (χ0) is 22.2. The van der Waals surface area contributed by atoms with Gasteiger partial charge < -0.3 is 15.9 Å². The maximum atomic E-state index is 11.9. The smallest absolute Gasteiger partial charge is 0.287 e. The number of nitrogens with one attached hydrogen (secondary N) is 1. The first-order valence-corrected chi connectivity index (χ1v) is 10.8. The molecule has 1 aromatic heterocycles. The second-order valence-corrected chi connectivity index (χ2v) is 8.80. The summed E-state index contributed by atoms with van der Waals surface area (Å²) < 4.78 is 26.5. The molecule has 30 heavy (non-hydrogen) atoms. The number of hydrogen-bond donors (Lipinski definition) is 4. The molecule has 0 radical (unpaired) electrons. The Morgan fingerprint density at radius 2 is 1.73 bits per heavy atom. The summed E-state index contributed by atoms with van der Waals surface area (Å²) >= 11 is 0. The maximum absolute atomic E-state index is 11.9. The number of aromatic nitrogens is 3. The largest absolute Gasteiger partial charge is 0.508 e. The molecule has 0 aliphatic heterocycles. The van der Waals surface area contributed by atoms with Crippen LogP contribution in [0.5, 0.6) is 11.5 Å². The molecule has 0 spiro atoms. The van der Waals surface area contributed by atoms with E-state index in [1.54, 1.807) is 18.2 Å². The molecule has 0 aliphatic rings. The molecule has 0 bridgehead atoms. The Kier molecular flexibility index (Phi) is 5.40. The molecule has 0 saturated carbocycles. The fourth-order valence-corrected chi connectivity index (χ4v) is 3.56.